The van der Waals surface area contributed by atoms with Crippen LogP contribution in [0.1, 0.15) is 20.3 Å². The molecule has 0 N–H and O–H groups in total. The van der Waals surface area contributed by atoms with Crippen LogP contribution in [-0.4, -0.2) is 42.4 Å². The maximum atomic E-state index is 11.2. The lowest BCUT2D eigenvalue weighted by atomic mass is 10.1. The van der Waals surface area contributed by atoms with Gasteiger partial charge in [-0.2, -0.15) is 0 Å². The Morgan fingerprint density at radius 1 is 1.50 bits per heavy atom. The fourth-order valence-corrected chi connectivity index (χ4v) is 1.34. The van der Waals surface area contributed by atoms with Crippen molar-refractivity contribution in [3.05, 3.63) is 0 Å². The number of nitrogens with zero attached hydrogens (tertiary/aromatic N) is 1. The number of Topliss-reactive ketones (excluding diaryl/α,β-unsaturated/α-hetero) is 1. The highest BCUT2D eigenvalue weighted by molar-refractivity contribution is 6.27. The Morgan fingerprint density at radius 2 is 2.07 bits per heavy atom. The fraction of sp³-hybridized carbons (Fsp3) is 0.778. The summed E-state index contributed by atoms with van der Waals surface area (Å²) in [5.41, 5.74) is 0. The van der Waals surface area contributed by atoms with E-state index in [1.165, 1.54) is 12.0 Å². The normalized spacial score (nSPS) is 12.0. The second-order valence-corrected chi connectivity index (χ2v) is 3.25. The van der Waals surface area contributed by atoms with Crippen LogP contribution in [0.4, 0.5) is 4.79 Å². The Morgan fingerprint density at radius 3 is 2.43 bits per heavy atom. The van der Waals surface area contributed by atoms with Gasteiger partial charge in [0.05, 0.1) is 13.0 Å². The minimum absolute atomic E-state index is 0.0108. The minimum Gasteiger partial charge on any atom is -0.453 e. The largest absolute Gasteiger partial charge is 0.453 e. The van der Waals surface area contributed by atoms with Gasteiger partial charge in [0.1, 0.15) is 5.78 Å². The van der Waals surface area contributed by atoms with Gasteiger partial charge in [-0.25, -0.2) is 4.79 Å². The molecule has 0 heterocycles. The van der Waals surface area contributed by atoms with Gasteiger partial charge in [-0.15, -0.1) is 11.6 Å². The van der Waals surface area contributed by atoms with Crippen molar-refractivity contribution >= 4 is 23.5 Å². The smallest absolute Gasteiger partial charge is 0.409 e. The molecule has 0 saturated heterocycles. The molecular formula is C9H16ClNO3. The Balaban J connectivity index is 4.23. The summed E-state index contributed by atoms with van der Waals surface area (Å²) in [6, 6.07) is -0.168. The number of carbonyl (C=O) groups is 2. The van der Waals surface area contributed by atoms with Gasteiger partial charge in [0, 0.05) is 19.0 Å². The number of amides is 1. The van der Waals surface area contributed by atoms with Crippen molar-refractivity contribution in [1.29, 1.82) is 0 Å². The second kappa shape index (κ2) is 6.65. The summed E-state index contributed by atoms with van der Waals surface area (Å²) < 4.78 is 4.58. The van der Waals surface area contributed by atoms with Crippen molar-refractivity contribution in [3.8, 4) is 0 Å². The average molecular weight is 222 g/mol. The number of carbonyl (C=O) groups excluding carboxylic acids is 2. The van der Waals surface area contributed by atoms with Gasteiger partial charge in [0.2, 0.25) is 0 Å². The zero-order valence-corrected chi connectivity index (χ0v) is 9.50. The number of hydrogen-bond acceptors (Lipinski definition) is 3. The first-order chi connectivity index (χ1) is 6.56. The Labute approximate surface area is 89.2 Å². The van der Waals surface area contributed by atoms with Gasteiger partial charge in [-0.05, 0) is 13.8 Å². The zero-order chi connectivity index (χ0) is 11.1. The van der Waals surface area contributed by atoms with Crippen LogP contribution >= 0.6 is 11.6 Å². The Kier molecular flexibility index (Phi) is 6.28. The third kappa shape index (κ3) is 3.96. The van der Waals surface area contributed by atoms with Gasteiger partial charge in [0.15, 0.2) is 0 Å². The van der Waals surface area contributed by atoms with Crippen molar-refractivity contribution in [2.45, 2.75) is 26.3 Å². The zero-order valence-electron chi connectivity index (χ0n) is 8.75. The van der Waals surface area contributed by atoms with Crippen LogP contribution in [0.5, 0.6) is 0 Å². The molecule has 14 heavy (non-hydrogen) atoms. The molecule has 0 fully saturated rings. The molecule has 0 spiro atoms. The van der Waals surface area contributed by atoms with Crippen LogP contribution < -0.4 is 0 Å². The van der Waals surface area contributed by atoms with Crippen molar-refractivity contribution in [1.82, 2.24) is 4.90 Å². The molecule has 0 aliphatic rings. The highest BCUT2D eigenvalue weighted by atomic mass is 35.5. The SMILES string of the molecule is CCN(C(=O)OC)C(C)CC(=O)CCl. The molecule has 1 unspecified atom stereocenters. The van der Waals surface area contributed by atoms with Gasteiger partial charge < -0.3 is 9.64 Å². The molecule has 1 atom stereocenters. The molecule has 0 saturated carbocycles. The lowest BCUT2D eigenvalue weighted by Crippen LogP contribution is -2.39. The van der Waals surface area contributed by atoms with Crippen LogP contribution in [0.25, 0.3) is 0 Å². The van der Waals surface area contributed by atoms with E-state index >= 15 is 0 Å². The van der Waals surface area contributed by atoms with Crippen LogP contribution in [-0.2, 0) is 9.53 Å². The summed E-state index contributed by atoms with van der Waals surface area (Å²) in [4.78, 5) is 23.7. The molecule has 4 nitrogen and oxygen atoms in total. The lowest BCUT2D eigenvalue weighted by molar-refractivity contribution is -0.117. The topological polar surface area (TPSA) is 46.6 Å². The van der Waals surface area contributed by atoms with Crippen LogP contribution in [0.2, 0.25) is 0 Å². The maximum absolute atomic E-state index is 11.2. The number of ether oxygens (including phenoxy) is 1. The van der Waals surface area contributed by atoms with E-state index in [2.05, 4.69) is 4.74 Å². The quantitative estimate of drug-likeness (QED) is 0.664. The standard InChI is InChI=1S/C9H16ClNO3/c1-4-11(9(13)14-3)7(2)5-8(12)6-10/h7H,4-6H2,1-3H3. The number of hydrogen-bond donors (Lipinski definition) is 0. The number of methoxy groups -OCH3 is 1. The van der Waals surface area contributed by atoms with Crippen LogP contribution in [0, 0.1) is 0 Å². The average Bonchev–Trinajstić information content (AvgIpc) is 2.18. The molecule has 0 aromatic carbocycles. The maximum Gasteiger partial charge on any atom is 0.409 e. The highest BCUT2D eigenvalue weighted by Gasteiger charge is 2.20. The highest BCUT2D eigenvalue weighted by Crippen LogP contribution is 2.06. The molecule has 0 bridgehead atoms. The predicted octanol–water partition coefficient (Wildman–Crippen LogP) is 1.66. The van der Waals surface area contributed by atoms with Gasteiger partial charge in [0.25, 0.3) is 0 Å². The van der Waals surface area contributed by atoms with Crippen LogP contribution in [0.3, 0.4) is 0 Å². The minimum atomic E-state index is -0.414. The molecule has 5 heteroatoms. The number of rotatable bonds is 5. The van der Waals surface area contributed by atoms with Crippen molar-refractivity contribution in [2.24, 2.45) is 0 Å². The van der Waals surface area contributed by atoms with E-state index in [9.17, 15) is 9.59 Å². The van der Waals surface area contributed by atoms with E-state index in [-0.39, 0.29) is 24.1 Å². The van der Waals surface area contributed by atoms with E-state index < -0.39 is 6.09 Å². The molecule has 0 aromatic heterocycles. The van der Waals surface area contributed by atoms with Crippen molar-refractivity contribution < 1.29 is 14.3 Å². The lowest BCUT2D eigenvalue weighted by Gasteiger charge is -2.25. The van der Waals surface area contributed by atoms with Crippen molar-refractivity contribution in [2.75, 3.05) is 19.5 Å². The van der Waals surface area contributed by atoms with E-state index in [0.717, 1.165) is 0 Å². The first-order valence-corrected chi connectivity index (χ1v) is 5.02. The molecule has 0 radical (unpaired) electrons. The fourth-order valence-electron chi connectivity index (χ4n) is 1.23. The molecule has 1 amide bonds. The third-order valence-corrected chi connectivity index (χ3v) is 2.25. The Hall–Kier alpha value is -0.770. The predicted molar refractivity (Wildman–Crippen MR) is 54.6 cm³/mol. The number of ketones is 1. The molecule has 82 valence electrons. The summed E-state index contributed by atoms with van der Waals surface area (Å²) in [6.45, 7) is 4.15. The summed E-state index contributed by atoms with van der Waals surface area (Å²) in [5.74, 6) is -0.0789. The van der Waals surface area contributed by atoms with E-state index in [0.29, 0.717) is 6.54 Å². The van der Waals surface area contributed by atoms with Gasteiger partial charge in [-0.1, -0.05) is 0 Å². The third-order valence-electron chi connectivity index (χ3n) is 1.95. The first kappa shape index (κ1) is 13.2. The van der Waals surface area contributed by atoms with E-state index in [1.807, 2.05) is 6.92 Å². The Bertz CT molecular complexity index is 208. The van der Waals surface area contributed by atoms with E-state index in [1.54, 1.807) is 6.92 Å². The van der Waals surface area contributed by atoms with Gasteiger partial charge >= 0.3 is 6.09 Å². The summed E-state index contributed by atoms with van der Waals surface area (Å²) in [7, 11) is 1.32. The summed E-state index contributed by atoms with van der Waals surface area (Å²) in [5, 5.41) is 0. The van der Waals surface area contributed by atoms with Crippen molar-refractivity contribution in [3.63, 3.8) is 0 Å². The molecule has 0 aliphatic heterocycles. The van der Waals surface area contributed by atoms with Gasteiger partial charge in [-0.3, -0.25) is 4.79 Å². The summed E-state index contributed by atoms with van der Waals surface area (Å²) in [6.07, 6.45) is -0.144. The molecular weight excluding hydrogens is 206 g/mol. The number of alkyl halides is 1. The number of halogens is 1. The monoisotopic (exact) mass is 221 g/mol. The first-order valence-electron chi connectivity index (χ1n) is 4.49. The second-order valence-electron chi connectivity index (χ2n) is 2.98. The van der Waals surface area contributed by atoms with Crippen LogP contribution in [0.15, 0.2) is 0 Å². The molecule has 0 aromatic rings. The summed E-state index contributed by atoms with van der Waals surface area (Å²) >= 11 is 5.37. The van der Waals surface area contributed by atoms with E-state index in [4.69, 9.17) is 11.6 Å². The molecule has 0 rings (SSSR count). The molecule has 0 aliphatic carbocycles.